The van der Waals surface area contributed by atoms with Gasteiger partial charge < -0.3 is 14.8 Å². The minimum atomic E-state index is -4.84. The second-order valence-electron chi connectivity index (χ2n) is 6.72. The predicted molar refractivity (Wildman–Crippen MR) is 113 cm³/mol. The summed E-state index contributed by atoms with van der Waals surface area (Å²) in [5.41, 5.74) is 0.677. The molecule has 0 fully saturated rings. The standard InChI is InChI=1S/C21H16ClF3N2O5S/c1-33(29,30)17-6-5-14(18(22)11-17)12-27-20(28)13-7-8-26-19(9-13)31-15-3-2-4-16(10-15)32-21(23,24)25/h2-11H,12H2,1H3,(H,27,28). The maximum absolute atomic E-state index is 12.5. The monoisotopic (exact) mass is 500 g/mol. The number of alkyl halides is 3. The van der Waals surface area contributed by atoms with Crippen molar-refractivity contribution in [3.05, 3.63) is 76.9 Å². The normalized spacial score (nSPS) is 11.7. The smallest absolute Gasteiger partial charge is 0.439 e. The van der Waals surface area contributed by atoms with E-state index < -0.39 is 27.9 Å². The Morgan fingerprint density at radius 2 is 1.82 bits per heavy atom. The molecule has 0 saturated carbocycles. The van der Waals surface area contributed by atoms with Crippen molar-refractivity contribution in [2.24, 2.45) is 0 Å². The molecule has 0 aliphatic carbocycles. The molecule has 0 unspecified atom stereocenters. The molecule has 0 saturated heterocycles. The van der Waals surface area contributed by atoms with E-state index in [9.17, 15) is 26.4 Å². The fraction of sp³-hybridized carbons (Fsp3) is 0.143. The number of rotatable bonds is 7. The first-order valence-corrected chi connectivity index (χ1v) is 11.4. The molecule has 0 bridgehead atoms. The van der Waals surface area contributed by atoms with Gasteiger partial charge in [0, 0.05) is 41.7 Å². The van der Waals surface area contributed by atoms with Crippen LogP contribution in [-0.2, 0) is 16.4 Å². The Morgan fingerprint density at radius 1 is 1.09 bits per heavy atom. The zero-order chi connectivity index (χ0) is 24.2. The van der Waals surface area contributed by atoms with E-state index in [4.69, 9.17) is 16.3 Å². The number of aromatic nitrogens is 1. The number of hydrogen-bond donors (Lipinski definition) is 1. The topological polar surface area (TPSA) is 94.6 Å². The Labute approximate surface area is 192 Å². The number of nitrogens with zero attached hydrogens (tertiary/aromatic N) is 1. The van der Waals surface area contributed by atoms with Crippen LogP contribution in [0.5, 0.6) is 17.4 Å². The van der Waals surface area contributed by atoms with Gasteiger partial charge in [0.25, 0.3) is 5.91 Å². The number of amides is 1. The van der Waals surface area contributed by atoms with Crippen LogP contribution in [0, 0.1) is 0 Å². The number of carbonyl (C=O) groups excluding carboxylic acids is 1. The van der Waals surface area contributed by atoms with E-state index in [2.05, 4.69) is 15.0 Å². The average molecular weight is 501 g/mol. The van der Waals surface area contributed by atoms with Gasteiger partial charge in [-0.15, -0.1) is 13.2 Å². The van der Waals surface area contributed by atoms with Crippen LogP contribution in [0.2, 0.25) is 5.02 Å². The Bertz CT molecular complexity index is 1280. The molecular weight excluding hydrogens is 485 g/mol. The van der Waals surface area contributed by atoms with Gasteiger partial charge in [0.05, 0.1) is 4.90 Å². The minimum Gasteiger partial charge on any atom is -0.439 e. The van der Waals surface area contributed by atoms with E-state index in [1.807, 2.05) is 0 Å². The number of ether oxygens (including phenoxy) is 2. The summed E-state index contributed by atoms with van der Waals surface area (Å²) < 4.78 is 69.6. The molecule has 3 rings (SSSR count). The van der Waals surface area contributed by atoms with Crippen LogP contribution in [0.3, 0.4) is 0 Å². The molecular formula is C21H16ClF3N2O5S. The van der Waals surface area contributed by atoms with Crippen molar-refractivity contribution >= 4 is 27.3 Å². The summed E-state index contributed by atoms with van der Waals surface area (Å²) in [6.45, 7) is 0.0248. The van der Waals surface area contributed by atoms with Crippen LogP contribution in [0.25, 0.3) is 0 Å². The van der Waals surface area contributed by atoms with Crippen molar-refractivity contribution in [1.82, 2.24) is 10.3 Å². The van der Waals surface area contributed by atoms with Gasteiger partial charge in [-0.05, 0) is 35.9 Å². The average Bonchev–Trinajstić information content (AvgIpc) is 2.71. The van der Waals surface area contributed by atoms with Crippen LogP contribution < -0.4 is 14.8 Å². The maximum Gasteiger partial charge on any atom is 0.573 e. The number of pyridine rings is 1. The van der Waals surface area contributed by atoms with E-state index in [1.165, 1.54) is 48.7 Å². The first-order chi connectivity index (χ1) is 15.4. The number of benzene rings is 2. The number of hydrogen-bond acceptors (Lipinski definition) is 6. The summed E-state index contributed by atoms with van der Waals surface area (Å²) in [7, 11) is -3.41. The third-order valence-corrected chi connectivity index (χ3v) is 5.61. The van der Waals surface area contributed by atoms with Gasteiger partial charge in [0.2, 0.25) is 5.88 Å². The summed E-state index contributed by atoms with van der Waals surface area (Å²) in [6.07, 6.45) is -2.49. The fourth-order valence-electron chi connectivity index (χ4n) is 2.64. The lowest BCUT2D eigenvalue weighted by atomic mass is 10.2. The maximum atomic E-state index is 12.5. The zero-order valence-corrected chi connectivity index (χ0v) is 18.5. The Balaban J connectivity index is 1.67. The summed E-state index contributed by atoms with van der Waals surface area (Å²) in [5, 5.41) is 2.82. The molecule has 12 heteroatoms. The van der Waals surface area contributed by atoms with E-state index in [0.717, 1.165) is 18.4 Å². The number of sulfone groups is 1. The Hall–Kier alpha value is -3.31. The largest absolute Gasteiger partial charge is 0.573 e. The van der Waals surface area contributed by atoms with Gasteiger partial charge in [0.1, 0.15) is 11.5 Å². The lowest BCUT2D eigenvalue weighted by Crippen LogP contribution is -2.23. The SMILES string of the molecule is CS(=O)(=O)c1ccc(CNC(=O)c2ccnc(Oc3cccc(OC(F)(F)F)c3)c2)c(Cl)c1. The lowest BCUT2D eigenvalue weighted by Gasteiger charge is -2.11. The fourth-order valence-corrected chi connectivity index (χ4v) is 3.60. The van der Waals surface area contributed by atoms with Crippen molar-refractivity contribution in [3.63, 3.8) is 0 Å². The quantitative estimate of drug-likeness (QED) is 0.502. The highest BCUT2D eigenvalue weighted by Gasteiger charge is 2.31. The van der Waals surface area contributed by atoms with Crippen LogP contribution in [0.1, 0.15) is 15.9 Å². The van der Waals surface area contributed by atoms with Crippen molar-refractivity contribution in [2.45, 2.75) is 17.8 Å². The molecule has 0 atom stereocenters. The second kappa shape index (κ2) is 9.67. The number of carbonyl (C=O) groups is 1. The Kier molecular flexibility index (Phi) is 7.13. The third kappa shape index (κ3) is 7.09. The molecule has 0 aliphatic heterocycles. The Morgan fingerprint density at radius 3 is 2.48 bits per heavy atom. The number of halogens is 4. The summed E-state index contributed by atoms with van der Waals surface area (Å²) in [6, 6.07) is 11.8. The van der Waals surface area contributed by atoms with Crippen LogP contribution in [0.15, 0.2) is 65.7 Å². The summed E-state index contributed by atoms with van der Waals surface area (Å²) in [5.74, 6) is -0.964. The van der Waals surface area contributed by atoms with Crippen molar-refractivity contribution < 1.29 is 35.9 Å². The molecule has 2 aromatic carbocycles. The van der Waals surface area contributed by atoms with E-state index in [0.29, 0.717) is 5.56 Å². The van der Waals surface area contributed by atoms with Crippen LogP contribution >= 0.6 is 11.6 Å². The minimum absolute atomic E-state index is 0.0248. The molecule has 1 amide bonds. The summed E-state index contributed by atoms with van der Waals surface area (Å²) in [4.78, 5) is 16.5. The highest BCUT2D eigenvalue weighted by Crippen LogP contribution is 2.28. The molecule has 0 radical (unpaired) electrons. The number of nitrogens with one attached hydrogen (secondary N) is 1. The molecule has 174 valence electrons. The van der Waals surface area contributed by atoms with E-state index >= 15 is 0 Å². The first-order valence-electron chi connectivity index (χ1n) is 9.17. The van der Waals surface area contributed by atoms with Crippen LogP contribution in [0.4, 0.5) is 13.2 Å². The van der Waals surface area contributed by atoms with Crippen molar-refractivity contribution in [2.75, 3.05) is 6.26 Å². The van der Waals surface area contributed by atoms with E-state index in [-0.39, 0.29) is 33.7 Å². The molecule has 7 nitrogen and oxygen atoms in total. The lowest BCUT2D eigenvalue weighted by molar-refractivity contribution is -0.274. The molecule has 0 spiro atoms. The molecule has 3 aromatic rings. The third-order valence-electron chi connectivity index (χ3n) is 4.15. The molecule has 1 heterocycles. The first kappa shape index (κ1) is 24.3. The van der Waals surface area contributed by atoms with Gasteiger partial charge in [0.15, 0.2) is 9.84 Å². The van der Waals surface area contributed by atoms with Gasteiger partial charge in [-0.3, -0.25) is 4.79 Å². The van der Waals surface area contributed by atoms with Crippen LogP contribution in [-0.4, -0.2) is 31.9 Å². The molecule has 1 N–H and O–H groups in total. The molecule has 1 aromatic heterocycles. The van der Waals surface area contributed by atoms with Gasteiger partial charge in [-0.25, -0.2) is 13.4 Å². The zero-order valence-electron chi connectivity index (χ0n) is 16.9. The van der Waals surface area contributed by atoms with Gasteiger partial charge >= 0.3 is 6.36 Å². The van der Waals surface area contributed by atoms with Gasteiger partial charge in [-0.2, -0.15) is 0 Å². The highest BCUT2D eigenvalue weighted by atomic mass is 35.5. The molecule has 33 heavy (non-hydrogen) atoms. The summed E-state index contributed by atoms with van der Waals surface area (Å²) >= 11 is 6.11. The van der Waals surface area contributed by atoms with Gasteiger partial charge in [-0.1, -0.05) is 23.7 Å². The van der Waals surface area contributed by atoms with E-state index in [1.54, 1.807) is 0 Å². The molecule has 0 aliphatic rings. The second-order valence-corrected chi connectivity index (χ2v) is 9.14. The highest BCUT2D eigenvalue weighted by molar-refractivity contribution is 7.90. The van der Waals surface area contributed by atoms with Crippen molar-refractivity contribution in [3.8, 4) is 17.4 Å². The van der Waals surface area contributed by atoms with Crippen molar-refractivity contribution in [1.29, 1.82) is 0 Å². The predicted octanol–water partition coefficient (Wildman–Crippen LogP) is 4.76.